The maximum atomic E-state index is 9.47. The highest BCUT2D eigenvalue weighted by Gasteiger charge is 2.13. The van der Waals surface area contributed by atoms with E-state index < -0.39 is 0 Å². The van der Waals surface area contributed by atoms with E-state index in [1.165, 1.54) is 25.9 Å². The number of nitrogens with one attached hydrogen (secondary N) is 1. The van der Waals surface area contributed by atoms with Gasteiger partial charge in [0.2, 0.25) is 0 Å². The molecule has 0 saturated carbocycles. The molecule has 0 spiro atoms. The van der Waals surface area contributed by atoms with Crippen molar-refractivity contribution in [2.45, 2.75) is 19.3 Å². The van der Waals surface area contributed by atoms with Crippen LogP contribution in [0.25, 0.3) is 21.3 Å². The maximum Gasteiger partial charge on any atom is 0.147 e. The van der Waals surface area contributed by atoms with Gasteiger partial charge in [0.1, 0.15) is 17.9 Å². The molecule has 6 heteroatoms. The highest BCUT2D eigenvalue weighted by Crippen LogP contribution is 2.35. The summed E-state index contributed by atoms with van der Waals surface area (Å²) >= 11 is 1.66. The highest BCUT2D eigenvalue weighted by molar-refractivity contribution is 7.18. The molecule has 1 aliphatic rings. The van der Waals surface area contributed by atoms with Crippen molar-refractivity contribution in [3.63, 3.8) is 0 Å². The smallest absolute Gasteiger partial charge is 0.147 e. The summed E-state index contributed by atoms with van der Waals surface area (Å²) < 4.78 is 1.09. The Kier molecular flexibility index (Phi) is 4.81. The second kappa shape index (κ2) is 7.37. The lowest BCUT2D eigenvalue weighted by Gasteiger charge is -2.14. The third-order valence-electron chi connectivity index (χ3n) is 4.67. The summed E-state index contributed by atoms with van der Waals surface area (Å²) in [6, 6.07) is 7.25. The van der Waals surface area contributed by atoms with Crippen molar-refractivity contribution < 1.29 is 5.11 Å². The van der Waals surface area contributed by atoms with Gasteiger partial charge >= 0.3 is 0 Å². The van der Waals surface area contributed by atoms with Crippen LogP contribution in [-0.2, 0) is 0 Å². The topological polar surface area (TPSA) is 61.3 Å². The van der Waals surface area contributed by atoms with Crippen LogP contribution in [0.5, 0.6) is 5.75 Å². The van der Waals surface area contributed by atoms with Crippen LogP contribution in [0.2, 0.25) is 0 Å². The molecule has 0 aliphatic carbocycles. The number of thiophene rings is 1. The fraction of sp³-hybridized carbons (Fsp3) is 0.368. The molecule has 0 atom stereocenters. The van der Waals surface area contributed by atoms with Crippen molar-refractivity contribution >= 4 is 27.4 Å². The van der Waals surface area contributed by atoms with Crippen molar-refractivity contribution in [3.05, 3.63) is 36.0 Å². The van der Waals surface area contributed by atoms with Gasteiger partial charge in [-0.3, -0.25) is 0 Å². The molecule has 0 bridgehead atoms. The lowest BCUT2D eigenvalue weighted by Crippen LogP contribution is -2.22. The van der Waals surface area contributed by atoms with E-state index in [-0.39, 0.29) is 5.75 Å². The number of hydrogen-bond donors (Lipinski definition) is 2. The van der Waals surface area contributed by atoms with Crippen molar-refractivity contribution in [3.8, 4) is 16.9 Å². The van der Waals surface area contributed by atoms with Crippen molar-refractivity contribution in [2.24, 2.45) is 0 Å². The van der Waals surface area contributed by atoms with Crippen molar-refractivity contribution in [1.82, 2.24) is 14.9 Å². The lowest BCUT2D eigenvalue weighted by molar-refractivity contribution is 0.337. The predicted molar refractivity (Wildman–Crippen MR) is 103 cm³/mol. The number of hydrogen-bond acceptors (Lipinski definition) is 6. The Hall–Kier alpha value is -2.18. The molecule has 0 amide bonds. The summed E-state index contributed by atoms with van der Waals surface area (Å²) in [7, 11) is 0. The van der Waals surface area contributed by atoms with Crippen LogP contribution in [0.3, 0.4) is 0 Å². The normalized spacial score (nSPS) is 15.0. The monoisotopic (exact) mass is 354 g/mol. The Morgan fingerprint density at radius 3 is 2.72 bits per heavy atom. The third-order valence-corrected chi connectivity index (χ3v) is 5.65. The molecule has 1 fully saturated rings. The minimum Gasteiger partial charge on any atom is -0.508 e. The number of rotatable bonds is 6. The summed E-state index contributed by atoms with van der Waals surface area (Å²) in [5.74, 6) is 1.19. The quantitative estimate of drug-likeness (QED) is 0.656. The van der Waals surface area contributed by atoms with Crippen LogP contribution in [0.15, 0.2) is 36.0 Å². The molecular weight excluding hydrogens is 332 g/mol. The third kappa shape index (κ3) is 3.60. The van der Waals surface area contributed by atoms with E-state index in [0.29, 0.717) is 0 Å². The van der Waals surface area contributed by atoms with Crippen LogP contribution >= 0.6 is 11.3 Å². The van der Waals surface area contributed by atoms with E-state index in [0.717, 1.165) is 46.7 Å². The number of phenolic OH excluding ortho intramolecular Hbond substituents is 1. The first-order valence-electron chi connectivity index (χ1n) is 8.79. The van der Waals surface area contributed by atoms with Gasteiger partial charge in [-0.1, -0.05) is 12.1 Å². The molecule has 3 heterocycles. The average Bonchev–Trinajstić information content (AvgIpc) is 3.29. The molecule has 4 rings (SSSR count). The fourth-order valence-electron chi connectivity index (χ4n) is 3.34. The van der Waals surface area contributed by atoms with E-state index >= 15 is 0 Å². The van der Waals surface area contributed by atoms with Crippen LogP contribution < -0.4 is 5.32 Å². The standard InChI is InChI=1S/C19H22N4OS/c24-15-6-4-14(5-7-15)16-12-25-18-17(16)21-13-22-19(18)20-8-3-11-23-9-1-2-10-23/h4-7,12-13,24H,1-3,8-11H2,(H,20,21,22). The number of fused-ring (bicyclic) bond motifs is 1. The van der Waals surface area contributed by atoms with E-state index in [4.69, 9.17) is 0 Å². The van der Waals surface area contributed by atoms with Crippen LogP contribution in [0.4, 0.5) is 5.82 Å². The minimum absolute atomic E-state index is 0.276. The molecule has 1 aliphatic heterocycles. The van der Waals surface area contributed by atoms with Gasteiger partial charge in [0.05, 0.1) is 10.2 Å². The molecule has 130 valence electrons. The van der Waals surface area contributed by atoms with Gasteiger partial charge in [-0.25, -0.2) is 9.97 Å². The van der Waals surface area contributed by atoms with E-state index in [1.54, 1.807) is 29.8 Å². The van der Waals surface area contributed by atoms with Crippen LogP contribution in [0.1, 0.15) is 19.3 Å². The summed E-state index contributed by atoms with van der Waals surface area (Å²) in [5.41, 5.74) is 3.11. The van der Waals surface area contributed by atoms with Crippen LogP contribution in [-0.4, -0.2) is 46.2 Å². The zero-order chi connectivity index (χ0) is 17.1. The molecular formula is C19H22N4OS. The van der Waals surface area contributed by atoms with E-state index in [9.17, 15) is 5.11 Å². The molecule has 0 radical (unpaired) electrons. The summed E-state index contributed by atoms with van der Waals surface area (Å²) in [5, 5.41) is 15.1. The Balaban J connectivity index is 1.47. The van der Waals surface area contributed by atoms with Crippen molar-refractivity contribution in [2.75, 3.05) is 31.5 Å². The number of nitrogens with zero attached hydrogens (tertiary/aromatic N) is 3. The Bertz CT molecular complexity index is 840. The largest absolute Gasteiger partial charge is 0.508 e. The zero-order valence-electron chi connectivity index (χ0n) is 14.1. The molecule has 5 nitrogen and oxygen atoms in total. The van der Waals surface area contributed by atoms with E-state index in [1.807, 2.05) is 12.1 Å². The molecule has 0 unspecified atom stereocenters. The summed E-state index contributed by atoms with van der Waals surface area (Å²) in [4.78, 5) is 11.4. The number of aromatic hydroxyl groups is 1. The van der Waals surface area contributed by atoms with E-state index in [2.05, 4.69) is 25.6 Å². The summed E-state index contributed by atoms with van der Waals surface area (Å²) in [6.07, 6.45) is 5.44. The number of aromatic nitrogens is 2. The van der Waals surface area contributed by atoms with Gasteiger partial charge in [0.15, 0.2) is 0 Å². The lowest BCUT2D eigenvalue weighted by atomic mass is 10.1. The highest BCUT2D eigenvalue weighted by atomic mass is 32.1. The molecule has 2 aromatic heterocycles. The number of phenols is 1. The Morgan fingerprint density at radius 1 is 1.12 bits per heavy atom. The van der Waals surface area contributed by atoms with Crippen molar-refractivity contribution in [1.29, 1.82) is 0 Å². The Morgan fingerprint density at radius 2 is 1.92 bits per heavy atom. The maximum absolute atomic E-state index is 9.47. The fourth-order valence-corrected chi connectivity index (χ4v) is 4.33. The molecule has 3 aromatic rings. The van der Waals surface area contributed by atoms with Gasteiger partial charge in [0.25, 0.3) is 0 Å². The van der Waals surface area contributed by atoms with Gasteiger partial charge in [0, 0.05) is 17.5 Å². The first-order chi connectivity index (χ1) is 12.3. The summed E-state index contributed by atoms with van der Waals surface area (Å²) in [6.45, 7) is 4.58. The second-order valence-corrected chi connectivity index (χ2v) is 7.30. The number of benzene rings is 1. The van der Waals surface area contributed by atoms with Gasteiger partial charge in [-0.15, -0.1) is 11.3 Å². The SMILES string of the molecule is Oc1ccc(-c2csc3c(NCCCN4CCCC4)ncnc23)cc1. The molecule has 25 heavy (non-hydrogen) atoms. The van der Waals surface area contributed by atoms with Gasteiger partial charge in [-0.05, 0) is 56.6 Å². The zero-order valence-corrected chi connectivity index (χ0v) is 14.9. The number of likely N-dealkylation sites (tertiary alicyclic amines) is 1. The Labute approximate surface area is 151 Å². The van der Waals surface area contributed by atoms with Gasteiger partial charge in [-0.2, -0.15) is 0 Å². The number of anilines is 1. The van der Waals surface area contributed by atoms with Crippen LogP contribution in [0, 0.1) is 0 Å². The average molecular weight is 354 g/mol. The minimum atomic E-state index is 0.276. The second-order valence-electron chi connectivity index (χ2n) is 6.43. The van der Waals surface area contributed by atoms with Gasteiger partial charge < -0.3 is 15.3 Å². The predicted octanol–water partition coefficient (Wildman–Crippen LogP) is 3.96. The molecule has 1 saturated heterocycles. The first-order valence-corrected chi connectivity index (χ1v) is 9.67. The molecule has 1 aromatic carbocycles. The first kappa shape index (κ1) is 16.3. The molecule has 2 N–H and O–H groups in total.